The monoisotopic (exact) mass is 216 g/mol. The van der Waals surface area contributed by atoms with Gasteiger partial charge >= 0.3 is 0 Å². The van der Waals surface area contributed by atoms with E-state index >= 15 is 0 Å². The van der Waals surface area contributed by atoms with Crippen LogP contribution in [0.15, 0.2) is 30.3 Å². The van der Waals surface area contributed by atoms with E-state index in [0.29, 0.717) is 12.4 Å². The van der Waals surface area contributed by atoms with Gasteiger partial charge in [-0.2, -0.15) is 0 Å². The lowest BCUT2D eigenvalue weighted by Crippen LogP contribution is -2.32. The zero-order valence-electron chi connectivity index (χ0n) is 9.32. The molecule has 1 aromatic rings. The second-order valence-corrected chi connectivity index (χ2v) is 4.81. The highest BCUT2D eigenvalue weighted by molar-refractivity contribution is 5.83. The van der Waals surface area contributed by atoms with Crippen molar-refractivity contribution in [3.05, 3.63) is 35.9 Å². The van der Waals surface area contributed by atoms with Crippen molar-refractivity contribution in [2.75, 3.05) is 6.61 Å². The van der Waals surface area contributed by atoms with E-state index in [1.54, 1.807) is 0 Å². The molecular weight excluding hydrogens is 200 g/mol. The average Bonchev–Trinajstić information content (AvgIpc) is 3.12. The highest BCUT2D eigenvalue weighted by Gasteiger charge is 2.55. The Hall–Kier alpha value is -1.15. The second-order valence-electron chi connectivity index (χ2n) is 4.81. The van der Waals surface area contributed by atoms with Crippen LogP contribution >= 0.6 is 0 Å². The van der Waals surface area contributed by atoms with Crippen LogP contribution < -0.4 is 0 Å². The molecule has 1 aliphatic heterocycles. The zero-order valence-corrected chi connectivity index (χ0v) is 9.32. The molecule has 2 atom stereocenters. The molecule has 2 aliphatic rings. The predicted molar refractivity (Wildman–Crippen MR) is 61.0 cm³/mol. The van der Waals surface area contributed by atoms with Crippen LogP contribution in [0.4, 0.5) is 0 Å². The van der Waals surface area contributed by atoms with Gasteiger partial charge in [-0.15, -0.1) is 0 Å². The quantitative estimate of drug-likeness (QED) is 0.711. The molecule has 0 N–H and O–H groups in total. The first-order chi connectivity index (χ1) is 7.83. The molecule has 16 heavy (non-hydrogen) atoms. The summed E-state index contributed by atoms with van der Waals surface area (Å²) in [4.78, 5) is 12.0. The van der Waals surface area contributed by atoms with E-state index in [-0.39, 0.29) is 11.5 Å². The summed E-state index contributed by atoms with van der Waals surface area (Å²) in [6.45, 7) is 0.716. The first-order valence-corrected chi connectivity index (χ1v) is 6.05. The Morgan fingerprint density at radius 2 is 1.94 bits per heavy atom. The number of hydrogen-bond donors (Lipinski definition) is 0. The van der Waals surface area contributed by atoms with Gasteiger partial charge in [0, 0.05) is 6.42 Å². The molecule has 84 valence electrons. The minimum Gasteiger partial charge on any atom is -0.364 e. The number of carbonyl (C=O) groups excluding carboxylic acids is 1. The van der Waals surface area contributed by atoms with E-state index in [9.17, 15) is 4.79 Å². The molecule has 1 saturated heterocycles. The molecule has 2 unspecified atom stereocenters. The molecule has 3 rings (SSSR count). The normalized spacial score (nSPS) is 33.8. The van der Waals surface area contributed by atoms with E-state index in [1.807, 2.05) is 18.2 Å². The summed E-state index contributed by atoms with van der Waals surface area (Å²) >= 11 is 0. The Morgan fingerprint density at radius 3 is 2.56 bits per heavy atom. The zero-order chi connectivity index (χ0) is 11.0. The molecule has 1 aromatic carbocycles. The minimum atomic E-state index is -0.265. The van der Waals surface area contributed by atoms with Crippen LogP contribution in [-0.4, -0.2) is 12.4 Å². The molecule has 1 heterocycles. The first kappa shape index (κ1) is 10.0. The Bertz CT molecular complexity index is 392. The maximum Gasteiger partial charge on any atom is 0.139 e. The van der Waals surface area contributed by atoms with Gasteiger partial charge < -0.3 is 4.74 Å². The van der Waals surface area contributed by atoms with Crippen LogP contribution in [0, 0.1) is 5.92 Å². The van der Waals surface area contributed by atoms with Crippen molar-refractivity contribution in [2.24, 2.45) is 5.92 Å². The predicted octanol–water partition coefficient (Wildman–Crippen LogP) is 2.67. The third-order valence-electron chi connectivity index (χ3n) is 3.84. The summed E-state index contributed by atoms with van der Waals surface area (Å²) in [6.07, 6.45) is 3.95. The number of ether oxygens (including phenoxy) is 1. The Morgan fingerprint density at radius 1 is 1.19 bits per heavy atom. The molecule has 0 bridgehead atoms. The SMILES string of the molecule is O=C1CCCCC1C1(c2ccccc2)CO1. The summed E-state index contributed by atoms with van der Waals surface area (Å²) in [6, 6.07) is 10.2. The van der Waals surface area contributed by atoms with Crippen LogP contribution in [0.5, 0.6) is 0 Å². The number of rotatable bonds is 2. The van der Waals surface area contributed by atoms with Crippen molar-refractivity contribution in [3.8, 4) is 0 Å². The van der Waals surface area contributed by atoms with Gasteiger partial charge in [0.15, 0.2) is 0 Å². The molecule has 0 amide bonds. The van der Waals surface area contributed by atoms with Crippen molar-refractivity contribution in [1.29, 1.82) is 0 Å². The molecule has 2 nitrogen and oxygen atoms in total. The van der Waals surface area contributed by atoms with Gasteiger partial charge in [0.05, 0.1) is 12.5 Å². The maximum absolute atomic E-state index is 12.0. The molecule has 1 saturated carbocycles. The van der Waals surface area contributed by atoms with Crippen LogP contribution in [0.25, 0.3) is 0 Å². The summed E-state index contributed by atoms with van der Waals surface area (Å²) in [5.74, 6) is 0.497. The lowest BCUT2D eigenvalue weighted by atomic mass is 9.76. The van der Waals surface area contributed by atoms with Crippen molar-refractivity contribution in [1.82, 2.24) is 0 Å². The largest absolute Gasteiger partial charge is 0.364 e. The Labute approximate surface area is 95.6 Å². The highest BCUT2D eigenvalue weighted by Crippen LogP contribution is 2.49. The lowest BCUT2D eigenvalue weighted by Gasteiger charge is -2.26. The van der Waals surface area contributed by atoms with Crippen molar-refractivity contribution < 1.29 is 9.53 Å². The molecule has 2 fully saturated rings. The Balaban J connectivity index is 1.91. The number of Topliss-reactive ketones (excluding diaryl/α,β-unsaturated/α-hetero) is 1. The number of epoxide rings is 1. The van der Waals surface area contributed by atoms with Crippen molar-refractivity contribution in [3.63, 3.8) is 0 Å². The Kier molecular flexibility index (Phi) is 2.32. The van der Waals surface area contributed by atoms with Crippen molar-refractivity contribution in [2.45, 2.75) is 31.3 Å². The van der Waals surface area contributed by atoms with E-state index < -0.39 is 0 Å². The molecule has 1 aliphatic carbocycles. The smallest absolute Gasteiger partial charge is 0.139 e. The minimum absolute atomic E-state index is 0.101. The summed E-state index contributed by atoms with van der Waals surface area (Å²) in [7, 11) is 0. The van der Waals surface area contributed by atoms with E-state index in [4.69, 9.17) is 4.74 Å². The van der Waals surface area contributed by atoms with E-state index in [2.05, 4.69) is 12.1 Å². The number of ketones is 1. The van der Waals surface area contributed by atoms with Gasteiger partial charge in [-0.1, -0.05) is 36.8 Å². The summed E-state index contributed by atoms with van der Waals surface area (Å²) < 4.78 is 5.67. The molecule has 0 spiro atoms. The second kappa shape index (κ2) is 3.70. The fourth-order valence-corrected chi connectivity index (χ4v) is 2.84. The first-order valence-electron chi connectivity index (χ1n) is 6.05. The van der Waals surface area contributed by atoms with Crippen LogP contribution in [0.1, 0.15) is 31.2 Å². The van der Waals surface area contributed by atoms with Crippen LogP contribution in [0.3, 0.4) is 0 Å². The third-order valence-corrected chi connectivity index (χ3v) is 3.84. The highest BCUT2D eigenvalue weighted by atomic mass is 16.6. The van der Waals surface area contributed by atoms with Crippen LogP contribution in [0.2, 0.25) is 0 Å². The average molecular weight is 216 g/mol. The fraction of sp³-hybridized carbons (Fsp3) is 0.500. The molecule has 0 aromatic heterocycles. The molecular formula is C14H16O2. The summed E-state index contributed by atoms with van der Waals surface area (Å²) in [5.41, 5.74) is 0.911. The number of carbonyl (C=O) groups is 1. The van der Waals surface area contributed by atoms with Gasteiger partial charge in [-0.25, -0.2) is 0 Å². The van der Waals surface area contributed by atoms with Gasteiger partial charge in [-0.05, 0) is 18.4 Å². The third kappa shape index (κ3) is 1.49. The van der Waals surface area contributed by atoms with Gasteiger partial charge in [0.25, 0.3) is 0 Å². The van der Waals surface area contributed by atoms with E-state index in [1.165, 1.54) is 5.56 Å². The van der Waals surface area contributed by atoms with Gasteiger partial charge in [0.2, 0.25) is 0 Å². The van der Waals surface area contributed by atoms with E-state index in [0.717, 1.165) is 25.7 Å². The molecule has 2 heteroatoms. The topological polar surface area (TPSA) is 29.6 Å². The molecule has 0 radical (unpaired) electrons. The van der Waals surface area contributed by atoms with Crippen molar-refractivity contribution >= 4 is 5.78 Å². The summed E-state index contributed by atoms with van der Waals surface area (Å²) in [5, 5.41) is 0. The fourth-order valence-electron chi connectivity index (χ4n) is 2.84. The standard InChI is InChI=1S/C14H16O2/c15-13-9-5-4-8-12(13)14(10-16-14)11-6-2-1-3-7-11/h1-3,6-7,12H,4-5,8-10H2. The maximum atomic E-state index is 12.0. The lowest BCUT2D eigenvalue weighted by molar-refractivity contribution is -0.127. The number of hydrogen-bond acceptors (Lipinski definition) is 2. The van der Waals surface area contributed by atoms with Gasteiger partial charge in [-0.3, -0.25) is 4.79 Å². The van der Waals surface area contributed by atoms with Gasteiger partial charge in [0.1, 0.15) is 11.4 Å². The van der Waals surface area contributed by atoms with Crippen LogP contribution in [-0.2, 0) is 15.1 Å². The number of benzene rings is 1.